The molecule has 0 saturated heterocycles. The van der Waals surface area contributed by atoms with E-state index in [1.54, 1.807) is 16.7 Å². The minimum Gasteiger partial charge on any atom is -0.344 e. The zero-order chi connectivity index (χ0) is 20.8. The van der Waals surface area contributed by atoms with Crippen molar-refractivity contribution in [3.05, 3.63) is 71.0 Å². The average molecular weight is 409 g/mol. The molecule has 1 aliphatic carbocycles. The number of amides is 1. The van der Waals surface area contributed by atoms with Crippen molar-refractivity contribution in [1.82, 2.24) is 24.8 Å². The number of alkyl halides is 2. The molecular formula is C21H17F2N5O2. The van der Waals surface area contributed by atoms with Crippen LogP contribution in [0.25, 0.3) is 17.0 Å². The van der Waals surface area contributed by atoms with Gasteiger partial charge in [0.05, 0.1) is 12.2 Å². The summed E-state index contributed by atoms with van der Waals surface area (Å²) in [6.07, 6.45) is 2.14. The molecule has 4 aromatic rings. The van der Waals surface area contributed by atoms with E-state index in [9.17, 15) is 13.6 Å². The fraction of sp³-hybridized carbons (Fsp3) is 0.238. The molecule has 0 unspecified atom stereocenters. The SMILES string of the molecule is Cc1ccc2ncc(C(=O)N[C@@H]3CCc4cc(-c5noc(C(F)F)n5)ccc43)n2c1. The first kappa shape index (κ1) is 18.4. The van der Waals surface area contributed by atoms with Crippen molar-refractivity contribution < 1.29 is 18.1 Å². The first-order valence-corrected chi connectivity index (χ1v) is 9.49. The van der Waals surface area contributed by atoms with Crippen LogP contribution in [0.15, 0.2) is 47.2 Å². The Morgan fingerprint density at radius 2 is 2.17 bits per heavy atom. The third-order valence-electron chi connectivity index (χ3n) is 5.30. The molecule has 3 heterocycles. The van der Waals surface area contributed by atoms with E-state index in [2.05, 4.69) is 25.0 Å². The summed E-state index contributed by atoms with van der Waals surface area (Å²) in [5, 5.41) is 6.70. The first-order valence-electron chi connectivity index (χ1n) is 9.49. The van der Waals surface area contributed by atoms with Crippen molar-refractivity contribution in [1.29, 1.82) is 0 Å². The molecular weight excluding hydrogens is 392 g/mol. The third-order valence-corrected chi connectivity index (χ3v) is 5.30. The fourth-order valence-electron chi connectivity index (χ4n) is 3.83. The highest BCUT2D eigenvalue weighted by Crippen LogP contribution is 2.34. The Morgan fingerprint density at radius 3 is 2.97 bits per heavy atom. The average Bonchev–Trinajstić information content (AvgIpc) is 3.45. The van der Waals surface area contributed by atoms with E-state index in [0.29, 0.717) is 16.9 Å². The maximum absolute atomic E-state index is 12.9. The molecule has 7 nitrogen and oxygen atoms in total. The van der Waals surface area contributed by atoms with E-state index >= 15 is 0 Å². The van der Waals surface area contributed by atoms with Crippen molar-refractivity contribution in [2.75, 3.05) is 0 Å². The lowest BCUT2D eigenvalue weighted by Crippen LogP contribution is -2.28. The molecule has 152 valence electrons. The van der Waals surface area contributed by atoms with Crippen LogP contribution in [0, 0.1) is 6.92 Å². The van der Waals surface area contributed by atoms with E-state index in [1.165, 1.54) is 0 Å². The van der Waals surface area contributed by atoms with Gasteiger partial charge in [0.25, 0.3) is 11.8 Å². The summed E-state index contributed by atoms with van der Waals surface area (Å²) >= 11 is 0. The van der Waals surface area contributed by atoms with Gasteiger partial charge in [0.2, 0.25) is 5.82 Å². The largest absolute Gasteiger partial charge is 0.344 e. The number of nitrogens with one attached hydrogen (secondary N) is 1. The number of benzene rings is 1. The van der Waals surface area contributed by atoms with Crippen molar-refractivity contribution in [2.24, 2.45) is 0 Å². The fourth-order valence-corrected chi connectivity index (χ4v) is 3.83. The van der Waals surface area contributed by atoms with Gasteiger partial charge in [0, 0.05) is 11.8 Å². The number of halogens is 2. The molecule has 0 spiro atoms. The van der Waals surface area contributed by atoms with Gasteiger partial charge in [-0.2, -0.15) is 13.8 Å². The van der Waals surface area contributed by atoms with Gasteiger partial charge in [-0.3, -0.25) is 9.20 Å². The molecule has 1 N–H and O–H groups in total. The molecule has 0 saturated carbocycles. The Bertz CT molecular complexity index is 1260. The summed E-state index contributed by atoms with van der Waals surface area (Å²) < 4.78 is 31.7. The second-order valence-corrected chi connectivity index (χ2v) is 7.31. The predicted octanol–water partition coefficient (Wildman–Crippen LogP) is 4.05. The number of aryl methyl sites for hydroxylation is 2. The Kier molecular flexibility index (Phi) is 4.30. The Hall–Kier alpha value is -3.62. The van der Waals surface area contributed by atoms with Gasteiger partial charge in [0.15, 0.2) is 0 Å². The summed E-state index contributed by atoms with van der Waals surface area (Å²) in [6.45, 7) is 1.96. The van der Waals surface area contributed by atoms with E-state index < -0.39 is 12.3 Å². The topological polar surface area (TPSA) is 85.3 Å². The van der Waals surface area contributed by atoms with Gasteiger partial charge in [0.1, 0.15) is 11.3 Å². The summed E-state index contributed by atoms with van der Waals surface area (Å²) in [6, 6.07) is 9.16. The van der Waals surface area contributed by atoms with Crippen LogP contribution in [0.2, 0.25) is 0 Å². The molecule has 0 radical (unpaired) electrons. The minimum atomic E-state index is -2.80. The zero-order valence-corrected chi connectivity index (χ0v) is 16.0. The second kappa shape index (κ2) is 7.01. The van der Waals surface area contributed by atoms with Gasteiger partial charge in [-0.05, 0) is 48.6 Å². The number of pyridine rings is 1. The van der Waals surface area contributed by atoms with Gasteiger partial charge in [-0.1, -0.05) is 23.4 Å². The smallest absolute Gasteiger partial charge is 0.315 e. The van der Waals surface area contributed by atoms with Gasteiger partial charge < -0.3 is 9.84 Å². The van der Waals surface area contributed by atoms with Gasteiger partial charge in [-0.25, -0.2) is 4.98 Å². The molecule has 1 aliphatic rings. The number of carbonyl (C=O) groups is 1. The lowest BCUT2D eigenvalue weighted by atomic mass is 10.0. The number of nitrogens with zero attached hydrogens (tertiary/aromatic N) is 4. The maximum Gasteiger partial charge on any atom is 0.315 e. The standard InChI is InChI=1S/C21H17F2N5O2/c1-11-2-7-17-24-9-16(28(17)10-11)20(29)25-15-6-4-12-8-13(3-5-14(12)15)19-26-21(18(22)23)30-27-19/h2-3,5,7-10,15,18H,4,6H2,1H3,(H,25,29)/t15-/m1/s1. The Labute approximate surface area is 169 Å². The maximum atomic E-state index is 12.9. The second-order valence-electron chi connectivity index (χ2n) is 7.31. The van der Waals surface area contributed by atoms with Crippen LogP contribution in [0.4, 0.5) is 8.78 Å². The highest BCUT2D eigenvalue weighted by molar-refractivity contribution is 5.93. The van der Waals surface area contributed by atoms with Gasteiger partial charge >= 0.3 is 6.43 Å². The number of imidazole rings is 1. The van der Waals surface area contributed by atoms with Crippen molar-refractivity contribution in [3.63, 3.8) is 0 Å². The summed E-state index contributed by atoms with van der Waals surface area (Å²) in [5.74, 6) is -0.768. The van der Waals surface area contributed by atoms with Crippen molar-refractivity contribution in [2.45, 2.75) is 32.2 Å². The molecule has 1 atom stereocenters. The normalized spacial score (nSPS) is 15.7. The van der Waals surface area contributed by atoms with E-state index in [1.807, 2.05) is 37.4 Å². The number of aromatic nitrogens is 4. The van der Waals surface area contributed by atoms with Gasteiger partial charge in [-0.15, -0.1) is 0 Å². The van der Waals surface area contributed by atoms with Crippen LogP contribution >= 0.6 is 0 Å². The van der Waals surface area contributed by atoms with E-state index in [0.717, 1.165) is 29.5 Å². The molecule has 30 heavy (non-hydrogen) atoms. The van der Waals surface area contributed by atoms with Crippen LogP contribution in [-0.2, 0) is 6.42 Å². The molecule has 5 rings (SSSR count). The molecule has 1 amide bonds. The quantitative estimate of drug-likeness (QED) is 0.550. The van der Waals surface area contributed by atoms with E-state index in [-0.39, 0.29) is 17.8 Å². The van der Waals surface area contributed by atoms with Crippen LogP contribution in [0.3, 0.4) is 0 Å². The lowest BCUT2D eigenvalue weighted by molar-refractivity contribution is 0.0930. The summed E-state index contributed by atoms with van der Waals surface area (Å²) in [7, 11) is 0. The molecule has 9 heteroatoms. The summed E-state index contributed by atoms with van der Waals surface area (Å²) in [4.78, 5) is 20.9. The molecule has 0 bridgehead atoms. The molecule has 0 fully saturated rings. The highest BCUT2D eigenvalue weighted by Gasteiger charge is 2.26. The third kappa shape index (κ3) is 3.12. The minimum absolute atomic E-state index is 0.127. The molecule has 1 aromatic carbocycles. The first-order chi connectivity index (χ1) is 14.5. The van der Waals surface area contributed by atoms with Crippen molar-refractivity contribution >= 4 is 11.6 Å². The molecule has 3 aromatic heterocycles. The van der Waals surface area contributed by atoms with Crippen LogP contribution in [0.1, 0.15) is 52.0 Å². The summed E-state index contributed by atoms with van der Waals surface area (Å²) in [5.41, 5.74) is 4.85. The Morgan fingerprint density at radius 1 is 1.30 bits per heavy atom. The molecule has 0 aliphatic heterocycles. The highest BCUT2D eigenvalue weighted by atomic mass is 19.3. The van der Waals surface area contributed by atoms with Crippen LogP contribution in [-0.4, -0.2) is 25.4 Å². The van der Waals surface area contributed by atoms with Crippen LogP contribution < -0.4 is 5.32 Å². The van der Waals surface area contributed by atoms with Crippen molar-refractivity contribution in [3.8, 4) is 11.4 Å². The number of carbonyl (C=O) groups excluding carboxylic acids is 1. The number of hydrogen-bond donors (Lipinski definition) is 1. The number of fused-ring (bicyclic) bond motifs is 2. The number of rotatable bonds is 4. The number of hydrogen-bond acceptors (Lipinski definition) is 5. The lowest BCUT2D eigenvalue weighted by Gasteiger charge is -2.14. The zero-order valence-electron chi connectivity index (χ0n) is 16.0. The van der Waals surface area contributed by atoms with Crippen LogP contribution in [0.5, 0.6) is 0 Å². The Balaban J connectivity index is 1.38. The monoisotopic (exact) mass is 409 g/mol. The predicted molar refractivity (Wildman–Crippen MR) is 103 cm³/mol. The van der Waals surface area contributed by atoms with E-state index in [4.69, 9.17) is 0 Å².